The first-order valence-corrected chi connectivity index (χ1v) is 7.53. The molecule has 0 atom stereocenters. The molecule has 126 valence electrons. The Kier molecular flexibility index (Phi) is 10.3. The quantitative estimate of drug-likeness (QED) is 0.251. The van der Waals surface area contributed by atoms with Crippen molar-refractivity contribution in [2.24, 2.45) is 5.41 Å². The molecule has 0 N–H and O–H groups in total. The van der Waals surface area contributed by atoms with Crippen LogP contribution in [0.5, 0.6) is 0 Å². The molecule has 0 amide bonds. The Morgan fingerprint density at radius 3 is 1.73 bits per heavy atom. The third-order valence-corrected chi connectivity index (χ3v) is 2.96. The second kappa shape index (κ2) is 11.0. The predicted octanol–water partition coefficient (Wildman–Crippen LogP) is 1.91. The highest BCUT2D eigenvalue weighted by Gasteiger charge is 2.50. The Hall–Kier alpha value is -1.58. The van der Waals surface area contributed by atoms with Gasteiger partial charge in [0.05, 0.1) is 13.2 Å². The molecule has 0 rings (SSSR count). The lowest BCUT2D eigenvalue weighted by atomic mass is 9.81. The molecular weight excluding hydrogens is 288 g/mol. The fourth-order valence-electron chi connectivity index (χ4n) is 2.00. The maximum atomic E-state index is 12.4. The number of hydrogen-bond donors (Lipinski definition) is 0. The zero-order valence-electron chi connectivity index (χ0n) is 13.8. The van der Waals surface area contributed by atoms with Crippen molar-refractivity contribution in [3.8, 4) is 12.3 Å². The maximum Gasteiger partial charge on any atom is 0.324 e. The molecule has 0 aromatic heterocycles. The lowest BCUT2D eigenvalue weighted by Gasteiger charge is -2.30. The van der Waals surface area contributed by atoms with Crippen molar-refractivity contribution >= 4 is 11.9 Å². The van der Waals surface area contributed by atoms with Crippen LogP contribution in [-0.2, 0) is 28.5 Å². The third kappa shape index (κ3) is 5.66. The van der Waals surface area contributed by atoms with E-state index in [9.17, 15) is 9.59 Å². The number of ether oxygens (including phenoxy) is 4. The van der Waals surface area contributed by atoms with E-state index in [0.717, 1.165) is 0 Å². The zero-order chi connectivity index (χ0) is 17.0. The summed E-state index contributed by atoms with van der Waals surface area (Å²) in [6.45, 7) is 7.94. The Labute approximate surface area is 132 Å². The molecule has 0 aliphatic carbocycles. The number of esters is 2. The van der Waals surface area contributed by atoms with E-state index >= 15 is 0 Å². The summed E-state index contributed by atoms with van der Waals surface area (Å²) in [5.74, 6) is 0.940. The van der Waals surface area contributed by atoms with Crippen molar-refractivity contribution in [3.63, 3.8) is 0 Å². The summed E-state index contributed by atoms with van der Waals surface area (Å²) in [7, 11) is 0. The number of rotatable bonds is 11. The summed E-state index contributed by atoms with van der Waals surface area (Å²) in [6.07, 6.45) is 4.44. The van der Waals surface area contributed by atoms with Crippen molar-refractivity contribution in [3.05, 3.63) is 0 Å². The number of hydrogen-bond acceptors (Lipinski definition) is 6. The van der Waals surface area contributed by atoms with Crippen LogP contribution < -0.4 is 0 Å². The molecule has 0 radical (unpaired) electrons. The molecule has 0 saturated heterocycles. The molecule has 0 saturated carbocycles. The highest BCUT2D eigenvalue weighted by atomic mass is 16.7. The van der Waals surface area contributed by atoms with E-state index in [1.807, 2.05) is 0 Å². The van der Waals surface area contributed by atoms with Crippen LogP contribution in [-0.4, -0.2) is 44.7 Å². The minimum Gasteiger partial charge on any atom is -0.465 e. The van der Waals surface area contributed by atoms with Crippen molar-refractivity contribution in [2.75, 3.05) is 26.4 Å². The summed E-state index contributed by atoms with van der Waals surface area (Å²) >= 11 is 0. The number of terminal acetylenes is 1. The molecule has 0 spiro atoms. The average molecular weight is 314 g/mol. The van der Waals surface area contributed by atoms with Crippen LogP contribution in [0.3, 0.4) is 0 Å². The number of carbonyl (C=O) groups excluding carboxylic acids is 2. The topological polar surface area (TPSA) is 71.1 Å². The molecular formula is C16H26O6. The molecule has 0 aromatic carbocycles. The molecule has 0 unspecified atom stereocenters. The smallest absolute Gasteiger partial charge is 0.324 e. The van der Waals surface area contributed by atoms with Crippen molar-refractivity contribution in [1.82, 2.24) is 0 Å². The summed E-state index contributed by atoms with van der Waals surface area (Å²) in [4.78, 5) is 24.8. The second-order valence-electron chi connectivity index (χ2n) is 4.45. The summed E-state index contributed by atoms with van der Waals surface area (Å²) < 4.78 is 20.9. The van der Waals surface area contributed by atoms with E-state index in [2.05, 4.69) is 5.92 Å². The van der Waals surface area contributed by atoms with Crippen LogP contribution in [0.1, 0.15) is 40.5 Å². The van der Waals surface area contributed by atoms with Gasteiger partial charge in [-0.3, -0.25) is 9.59 Å². The first kappa shape index (κ1) is 20.4. The second-order valence-corrected chi connectivity index (χ2v) is 4.45. The van der Waals surface area contributed by atoms with Crippen LogP contribution in [0.4, 0.5) is 0 Å². The van der Waals surface area contributed by atoms with E-state index in [4.69, 9.17) is 25.4 Å². The van der Waals surface area contributed by atoms with Gasteiger partial charge in [0, 0.05) is 26.1 Å². The van der Waals surface area contributed by atoms with E-state index in [1.165, 1.54) is 0 Å². The van der Waals surface area contributed by atoms with Gasteiger partial charge in [-0.1, -0.05) is 0 Å². The van der Waals surface area contributed by atoms with E-state index in [1.54, 1.807) is 27.7 Å². The largest absolute Gasteiger partial charge is 0.465 e. The minimum absolute atomic E-state index is 0.0451. The molecule has 0 aliphatic heterocycles. The van der Waals surface area contributed by atoms with Crippen LogP contribution >= 0.6 is 0 Å². The molecule has 0 aliphatic rings. The van der Waals surface area contributed by atoms with Crippen molar-refractivity contribution in [1.29, 1.82) is 0 Å². The Bertz CT molecular complexity index is 361. The summed E-state index contributed by atoms with van der Waals surface area (Å²) in [5.41, 5.74) is -1.62. The fourth-order valence-corrected chi connectivity index (χ4v) is 2.00. The average Bonchev–Trinajstić information content (AvgIpc) is 2.47. The van der Waals surface area contributed by atoms with Gasteiger partial charge >= 0.3 is 11.9 Å². The van der Waals surface area contributed by atoms with Crippen LogP contribution in [0, 0.1) is 17.8 Å². The Morgan fingerprint density at radius 1 is 0.955 bits per heavy atom. The first-order chi connectivity index (χ1) is 10.5. The highest BCUT2D eigenvalue weighted by molar-refractivity contribution is 6.00. The van der Waals surface area contributed by atoms with Gasteiger partial charge in [-0.15, -0.1) is 12.3 Å². The maximum absolute atomic E-state index is 12.4. The minimum atomic E-state index is -1.62. The predicted molar refractivity (Wildman–Crippen MR) is 80.8 cm³/mol. The monoisotopic (exact) mass is 314 g/mol. The standard InChI is InChI=1S/C16H26O6/c1-6-11-16(14(17)21-9-4,15(18)22-10-5)12-13(19-7-2)20-8-3/h1,13H,7-12H2,2-5H3. The molecule has 0 aromatic rings. The summed E-state index contributed by atoms with van der Waals surface area (Å²) in [5, 5.41) is 0. The lowest BCUT2D eigenvalue weighted by Crippen LogP contribution is -2.45. The molecule has 0 fully saturated rings. The van der Waals surface area contributed by atoms with Gasteiger partial charge in [0.25, 0.3) is 0 Å². The Morgan fingerprint density at radius 2 is 1.41 bits per heavy atom. The fraction of sp³-hybridized carbons (Fsp3) is 0.750. The molecule has 22 heavy (non-hydrogen) atoms. The highest BCUT2D eigenvalue weighted by Crippen LogP contribution is 2.33. The third-order valence-electron chi connectivity index (χ3n) is 2.96. The van der Waals surface area contributed by atoms with Gasteiger partial charge in [-0.25, -0.2) is 0 Å². The van der Waals surface area contributed by atoms with Gasteiger partial charge in [-0.05, 0) is 27.7 Å². The van der Waals surface area contributed by atoms with Gasteiger partial charge in [0.15, 0.2) is 11.7 Å². The summed E-state index contributed by atoms with van der Waals surface area (Å²) in [6, 6.07) is 0. The van der Waals surface area contributed by atoms with Crippen LogP contribution in [0.2, 0.25) is 0 Å². The molecule has 6 nitrogen and oxygen atoms in total. The van der Waals surface area contributed by atoms with Crippen LogP contribution in [0.15, 0.2) is 0 Å². The van der Waals surface area contributed by atoms with Crippen molar-refractivity contribution in [2.45, 2.75) is 46.8 Å². The van der Waals surface area contributed by atoms with Crippen molar-refractivity contribution < 1.29 is 28.5 Å². The SMILES string of the molecule is C#CCC(CC(OCC)OCC)(C(=O)OCC)C(=O)OCC. The first-order valence-electron chi connectivity index (χ1n) is 7.53. The van der Waals surface area contributed by atoms with E-state index < -0.39 is 23.6 Å². The van der Waals surface area contributed by atoms with Crippen LogP contribution in [0.25, 0.3) is 0 Å². The lowest BCUT2D eigenvalue weighted by molar-refractivity contribution is -0.190. The normalized spacial score (nSPS) is 11.1. The Balaban J connectivity index is 5.54. The van der Waals surface area contributed by atoms with Gasteiger partial charge < -0.3 is 18.9 Å². The van der Waals surface area contributed by atoms with E-state index in [0.29, 0.717) is 13.2 Å². The molecule has 6 heteroatoms. The van der Waals surface area contributed by atoms with Gasteiger partial charge in [0.2, 0.25) is 0 Å². The molecule has 0 heterocycles. The number of carbonyl (C=O) groups is 2. The molecule has 0 bridgehead atoms. The zero-order valence-corrected chi connectivity index (χ0v) is 13.8. The van der Waals surface area contributed by atoms with E-state index in [-0.39, 0.29) is 26.1 Å². The van der Waals surface area contributed by atoms with Gasteiger partial charge in [0.1, 0.15) is 0 Å². The van der Waals surface area contributed by atoms with Gasteiger partial charge in [-0.2, -0.15) is 0 Å².